The number of benzene rings is 1. The third-order valence-electron chi connectivity index (χ3n) is 3.87. The quantitative estimate of drug-likeness (QED) is 0.895. The molecule has 1 aliphatic rings. The van der Waals surface area contributed by atoms with Gasteiger partial charge in [0, 0.05) is 13.1 Å². The monoisotopic (exact) mass is 262 g/mol. The van der Waals surface area contributed by atoms with Gasteiger partial charge in [-0.25, -0.2) is 0 Å². The lowest BCUT2D eigenvalue weighted by atomic mass is 9.87. The first-order valence-corrected chi connectivity index (χ1v) is 6.86. The summed E-state index contributed by atoms with van der Waals surface area (Å²) in [5.74, 6) is 1.80. The van der Waals surface area contributed by atoms with Crippen LogP contribution in [-0.4, -0.2) is 37.0 Å². The van der Waals surface area contributed by atoms with E-state index in [1.54, 1.807) is 0 Å². The molecule has 0 bridgehead atoms. The highest BCUT2D eigenvalue weighted by Gasteiger charge is 2.27. The smallest absolute Gasteiger partial charge is 0.260 e. The van der Waals surface area contributed by atoms with Crippen LogP contribution in [0.3, 0.4) is 0 Å². The molecule has 1 aliphatic heterocycles. The van der Waals surface area contributed by atoms with Gasteiger partial charge in [0.05, 0.1) is 0 Å². The van der Waals surface area contributed by atoms with E-state index in [1.807, 2.05) is 35.2 Å². The molecule has 0 aromatic heterocycles. The maximum Gasteiger partial charge on any atom is 0.260 e. The number of hydrogen-bond acceptors (Lipinski definition) is 3. The van der Waals surface area contributed by atoms with Crippen LogP contribution in [-0.2, 0) is 4.79 Å². The summed E-state index contributed by atoms with van der Waals surface area (Å²) >= 11 is 0. The minimum absolute atomic E-state index is 0.0502. The molecule has 0 radical (unpaired) electrons. The number of likely N-dealkylation sites (tertiary alicyclic amines) is 1. The van der Waals surface area contributed by atoms with Crippen LogP contribution in [0.5, 0.6) is 5.75 Å². The lowest BCUT2D eigenvalue weighted by Crippen LogP contribution is -2.47. The van der Waals surface area contributed by atoms with Crippen molar-refractivity contribution in [3.63, 3.8) is 0 Å². The number of para-hydroxylation sites is 1. The third-order valence-corrected chi connectivity index (χ3v) is 3.87. The summed E-state index contributed by atoms with van der Waals surface area (Å²) in [6, 6.07) is 9.43. The number of nitrogens with zero attached hydrogens (tertiary/aromatic N) is 1. The number of hydrogen-bond donors (Lipinski definition) is 1. The molecule has 19 heavy (non-hydrogen) atoms. The Balaban J connectivity index is 1.83. The molecule has 0 aliphatic carbocycles. The van der Waals surface area contributed by atoms with Gasteiger partial charge in [0.25, 0.3) is 5.91 Å². The summed E-state index contributed by atoms with van der Waals surface area (Å²) in [7, 11) is 0. The van der Waals surface area contributed by atoms with Gasteiger partial charge in [0.2, 0.25) is 0 Å². The molecule has 1 aromatic rings. The van der Waals surface area contributed by atoms with Gasteiger partial charge < -0.3 is 15.4 Å². The largest absolute Gasteiger partial charge is 0.484 e. The van der Waals surface area contributed by atoms with Gasteiger partial charge in [-0.1, -0.05) is 25.1 Å². The van der Waals surface area contributed by atoms with E-state index in [-0.39, 0.29) is 12.5 Å². The van der Waals surface area contributed by atoms with Crippen molar-refractivity contribution in [1.29, 1.82) is 0 Å². The van der Waals surface area contributed by atoms with E-state index in [2.05, 4.69) is 6.92 Å². The van der Waals surface area contributed by atoms with Crippen molar-refractivity contribution in [2.45, 2.75) is 13.3 Å². The first kappa shape index (κ1) is 13.9. The van der Waals surface area contributed by atoms with Crippen LogP contribution in [0.25, 0.3) is 0 Å². The van der Waals surface area contributed by atoms with Gasteiger partial charge in [0.1, 0.15) is 5.75 Å². The first-order chi connectivity index (χ1) is 9.20. The highest BCUT2D eigenvalue weighted by atomic mass is 16.5. The van der Waals surface area contributed by atoms with E-state index in [0.29, 0.717) is 18.4 Å². The van der Waals surface area contributed by atoms with E-state index in [4.69, 9.17) is 10.5 Å². The minimum Gasteiger partial charge on any atom is -0.484 e. The molecule has 1 heterocycles. The van der Waals surface area contributed by atoms with E-state index in [0.717, 1.165) is 25.3 Å². The molecule has 2 unspecified atom stereocenters. The minimum atomic E-state index is 0.0502. The van der Waals surface area contributed by atoms with E-state index < -0.39 is 0 Å². The van der Waals surface area contributed by atoms with Gasteiger partial charge in [-0.3, -0.25) is 4.79 Å². The molecule has 2 rings (SSSR count). The SMILES string of the molecule is CC1CCN(C(=O)COc2ccccc2)CC1CN. The van der Waals surface area contributed by atoms with Crippen molar-refractivity contribution in [3.05, 3.63) is 30.3 Å². The molecular formula is C15H22N2O2. The van der Waals surface area contributed by atoms with Crippen LogP contribution >= 0.6 is 0 Å². The van der Waals surface area contributed by atoms with Crippen LogP contribution in [0.1, 0.15) is 13.3 Å². The summed E-state index contributed by atoms with van der Waals surface area (Å²) in [6.45, 7) is 4.53. The standard InChI is InChI=1S/C15H22N2O2/c1-12-7-8-17(10-13(12)9-16)15(18)11-19-14-5-3-2-4-6-14/h2-6,12-13H,7-11,16H2,1H3. The average Bonchev–Trinajstić information content (AvgIpc) is 2.46. The van der Waals surface area contributed by atoms with Gasteiger partial charge in [-0.05, 0) is 36.9 Å². The summed E-state index contributed by atoms with van der Waals surface area (Å²) in [6.07, 6.45) is 1.03. The maximum atomic E-state index is 12.1. The van der Waals surface area contributed by atoms with Crippen molar-refractivity contribution in [1.82, 2.24) is 4.90 Å². The fraction of sp³-hybridized carbons (Fsp3) is 0.533. The predicted molar refractivity (Wildman–Crippen MR) is 74.8 cm³/mol. The second-order valence-electron chi connectivity index (χ2n) is 5.20. The molecule has 1 fully saturated rings. The van der Waals surface area contributed by atoms with E-state index in [1.165, 1.54) is 0 Å². The van der Waals surface area contributed by atoms with Gasteiger partial charge in [-0.2, -0.15) is 0 Å². The van der Waals surface area contributed by atoms with Crippen molar-refractivity contribution >= 4 is 5.91 Å². The van der Waals surface area contributed by atoms with Crippen LogP contribution in [0.15, 0.2) is 30.3 Å². The van der Waals surface area contributed by atoms with E-state index >= 15 is 0 Å². The van der Waals surface area contributed by atoms with Gasteiger partial charge in [0.15, 0.2) is 6.61 Å². The fourth-order valence-electron chi connectivity index (χ4n) is 2.44. The molecule has 2 atom stereocenters. The summed E-state index contributed by atoms with van der Waals surface area (Å²) in [5, 5.41) is 0. The Morgan fingerprint density at radius 3 is 2.84 bits per heavy atom. The number of nitrogens with two attached hydrogens (primary N) is 1. The average molecular weight is 262 g/mol. The van der Waals surface area contributed by atoms with Crippen LogP contribution in [0.4, 0.5) is 0 Å². The fourth-order valence-corrected chi connectivity index (χ4v) is 2.44. The number of ether oxygens (including phenoxy) is 1. The summed E-state index contributed by atoms with van der Waals surface area (Å²) in [4.78, 5) is 14.0. The Morgan fingerprint density at radius 1 is 1.42 bits per heavy atom. The molecular weight excluding hydrogens is 240 g/mol. The van der Waals surface area contributed by atoms with Crippen LogP contribution in [0, 0.1) is 11.8 Å². The van der Waals surface area contributed by atoms with Crippen LogP contribution < -0.4 is 10.5 Å². The molecule has 2 N–H and O–H groups in total. The van der Waals surface area contributed by atoms with Crippen molar-refractivity contribution in [3.8, 4) is 5.75 Å². The lowest BCUT2D eigenvalue weighted by molar-refractivity contribution is -0.135. The molecule has 0 spiro atoms. The van der Waals surface area contributed by atoms with E-state index in [9.17, 15) is 4.79 Å². The third kappa shape index (κ3) is 3.70. The first-order valence-electron chi connectivity index (χ1n) is 6.86. The molecule has 0 saturated carbocycles. The molecule has 1 amide bonds. The van der Waals surface area contributed by atoms with Gasteiger partial charge >= 0.3 is 0 Å². The second kappa shape index (κ2) is 6.57. The zero-order chi connectivity index (χ0) is 13.7. The topological polar surface area (TPSA) is 55.6 Å². The Morgan fingerprint density at radius 2 is 2.16 bits per heavy atom. The van der Waals surface area contributed by atoms with Crippen LogP contribution in [0.2, 0.25) is 0 Å². The number of carbonyl (C=O) groups is 1. The number of rotatable bonds is 4. The molecule has 4 heteroatoms. The second-order valence-corrected chi connectivity index (χ2v) is 5.20. The summed E-state index contributed by atoms with van der Waals surface area (Å²) < 4.78 is 5.49. The highest BCUT2D eigenvalue weighted by molar-refractivity contribution is 5.77. The number of amides is 1. The number of piperidine rings is 1. The molecule has 1 aromatic carbocycles. The summed E-state index contributed by atoms with van der Waals surface area (Å²) in [5.41, 5.74) is 5.75. The van der Waals surface area contributed by atoms with Gasteiger partial charge in [-0.15, -0.1) is 0 Å². The maximum absolute atomic E-state index is 12.1. The Bertz CT molecular complexity index is 408. The molecule has 1 saturated heterocycles. The molecule has 4 nitrogen and oxygen atoms in total. The van der Waals surface area contributed by atoms with Crippen molar-refractivity contribution < 1.29 is 9.53 Å². The zero-order valence-corrected chi connectivity index (χ0v) is 11.4. The number of carbonyl (C=O) groups excluding carboxylic acids is 1. The highest BCUT2D eigenvalue weighted by Crippen LogP contribution is 2.22. The van der Waals surface area contributed by atoms with Crippen molar-refractivity contribution in [2.24, 2.45) is 17.6 Å². The predicted octanol–water partition coefficient (Wildman–Crippen LogP) is 1.51. The Hall–Kier alpha value is -1.55. The Kier molecular flexibility index (Phi) is 4.80. The van der Waals surface area contributed by atoms with Crippen molar-refractivity contribution in [2.75, 3.05) is 26.2 Å². The normalized spacial score (nSPS) is 23.2. The zero-order valence-electron chi connectivity index (χ0n) is 11.4. The lowest BCUT2D eigenvalue weighted by Gasteiger charge is -2.36. The molecule has 104 valence electrons. The Labute approximate surface area is 114 Å².